The van der Waals surface area contributed by atoms with Gasteiger partial charge in [0.25, 0.3) is 5.91 Å². The molecule has 0 saturated carbocycles. The van der Waals surface area contributed by atoms with E-state index in [1.807, 2.05) is 26.0 Å². The van der Waals surface area contributed by atoms with E-state index in [-0.39, 0.29) is 18.4 Å². The van der Waals surface area contributed by atoms with E-state index in [9.17, 15) is 9.59 Å². The van der Waals surface area contributed by atoms with Gasteiger partial charge in [-0.3, -0.25) is 9.59 Å². The van der Waals surface area contributed by atoms with Crippen LogP contribution in [-0.2, 0) is 4.79 Å². The minimum atomic E-state index is -0.272. The lowest BCUT2D eigenvalue weighted by Crippen LogP contribution is -2.38. The van der Waals surface area contributed by atoms with E-state index in [0.29, 0.717) is 30.4 Å². The van der Waals surface area contributed by atoms with E-state index >= 15 is 0 Å². The summed E-state index contributed by atoms with van der Waals surface area (Å²) in [6.45, 7) is 5.48. The Morgan fingerprint density at radius 1 is 1.00 bits per heavy atom. The Balaban J connectivity index is 1.68. The first kappa shape index (κ1) is 19.2. The van der Waals surface area contributed by atoms with Crippen molar-refractivity contribution in [3.63, 3.8) is 0 Å². The number of nitrogens with one attached hydrogen (secondary N) is 4. The number of anilines is 2. The molecule has 1 aromatic heterocycles. The van der Waals surface area contributed by atoms with E-state index in [0.717, 1.165) is 12.2 Å². The molecule has 138 valence electrons. The average Bonchev–Trinajstić information content (AvgIpc) is 2.64. The number of rotatable bonds is 9. The molecule has 0 aliphatic carbocycles. The number of aromatic nitrogens is 2. The van der Waals surface area contributed by atoms with Crippen LogP contribution in [0.25, 0.3) is 0 Å². The van der Waals surface area contributed by atoms with Crippen molar-refractivity contribution in [2.45, 2.75) is 13.8 Å². The Morgan fingerprint density at radius 3 is 2.50 bits per heavy atom. The molecule has 1 aromatic carbocycles. The molecule has 8 nitrogen and oxygen atoms in total. The van der Waals surface area contributed by atoms with E-state index < -0.39 is 0 Å². The van der Waals surface area contributed by atoms with Gasteiger partial charge in [0, 0.05) is 37.0 Å². The van der Waals surface area contributed by atoms with Crippen LogP contribution in [-0.4, -0.2) is 48.0 Å². The van der Waals surface area contributed by atoms with Crippen LogP contribution in [0.2, 0.25) is 0 Å². The van der Waals surface area contributed by atoms with Crippen LogP contribution in [0, 0.1) is 6.92 Å². The highest BCUT2D eigenvalue weighted by molar-refractivity contribution is 5.96. The van der Waals surface area contributed by atoms with E-state index in [1.165, 1.54) is 0 Å². The number of aryl methyl sites for hydroxylation is 1. The van der Waals surface area contributed by atoms with Crippen molar-refractivity contribution < 1.29 is 9.59 Å². The summed E-state index contributed by atoms with van der Waals surface area (Å²) in [5.74, 6) is 0.748. The summed E-state index contributed by atoms with van der Waals surface area (Å²) < 4.78 is 0. The first-order chi connectivity index (χ1) is 12.6. The molecular formula is C18H24N6O2. The van der Waals surface area contributed by atoms with Crippen molar-refractivity contribution in [3.8, 4) is 0 Å². The van der Waals surface area contributed by atoms with Gasteiger partial charge in [-0.05, 0) is 26.0 Å². The quantitative estimate of drug-likeness (QED) is 0.503. The van der Waals surface area contributed by atoms with Crippen LogP contribution < -0.4 is 21.3 Å². The van der Waals surface area contributed by atoms with E-state index in [4.69, 9.17) is 0 Å². The van der Waals surface area contributed by atoms with E-state index in [1.54, 1.807) is 24.3 Å². The molecular weight excluding hydrogens is 332 g/mol. The fraction of sp³-hybridized carbons (Fsp3) is 0.333. The van der Waals surface area contributed by atoms with Crippen LogP contribution in [0.15, 0.2) is 36.4 Å². The van der Waals surface area contributed by atoms with Crippen LogP contribution in [0.3, 0.4) is 0 Å². The molecule has 0 fully saturated rings. The highest BCUT2D eigenvalue weighted by Gasteiger charge is 2.07. The van der Waals surface area contributed by atoms with Gasteiger partial charge in [0.05, 0.1) is 6.54 Å². The number of carbonyl (C=O) groups excluding carboxylic acids is 2. The second-order valence-corrected chi connectivity index (χ2v) is 5.57. The van der Waals surface area contributed by atoms with Crippen molar-refractivity contribution in [3.05, 3.63) is 47.7 Å². The zero-order valence-corrected chi connectivity index (χ0v) is 15.0. The lowest BCUT2D eigenvalue weighted by Gasteiger charge is -2.10. The summed E-state index contributed by atoms with van der Waals surface area (Å²) in [6, 6.07) is 10.6. The molecule has 0 radical (unpaired) electrons. The first-order valence-electron chi connectivity index (χ1n) is 8.52. The molecule has 2 amide bonds. The monoisotopic (exact) mass is 356 g/mol. The van der Waals surface area contributed by atoms with Gasteiger partial charge in [0.2, 0.25) is 11.9 Å². The van der Waals surface area contributed by atoms with Crippen molar-refractivity contribution >= 4 is 23.6 Å². The molecule has 0 saturated heterocycles. The van der Waals surface area contributed by atoms with Gasteiger partial charge in [-0.25, -0.2) is 4.98 Å². The molecule has 0 aliphatic rings. The minimum Gasteiger partial charge on any atom is -0.368 e. The maximum absolute atomic E-state index is 11.9. The normalized spacial score (nSPS) is 10.1. The first-order valence-corrected chi connectivity index (χ1v) is 8.52. The molecule has 26 heavy (non-hydrogen) atoms. The van der Waals surface area contributed by atoms with Gasteiger partial charge >= 0.3 is 0 Å². The molecule has 0 unspecified atom stereocenters. The molecule has 4 N–H and O–H groups in total. The third-order valence-electron chi connectivity index (χ3n) is 3.39. The molecule has 0 aliphatic heterocycles. The molecule has 1 heterocycles. The van der Waals surface area contributed by atoms with Gasteiger partial charge in [0.15, 0.2) is 0 Å². The van der Waals surface area contributed by atoms with Gasteiger partial charge in [0.1, 0.15) is 5.82 Å². The number of hydrogen-bond donors (Lipinski definition) is 4. The lowest BCUT2D eigenvalue weighted by molar-refractivity contribution is -0.120. The lowest BCUT2D eigenvalue weighted by atomic mass is 10.2. The number of carbonyl (C=O) groups is 2. The van der Waals surface area contributed by atoms with Crippen molar-refractivity contribution in [1.29, 1.82) is 0 Å². The molecule has 2 aromatic rings. The smallest absolute Gasteiger partial charge is 0.251 e. The Kier molecular flexibility index (Phi) is 7.35. The average molecular weight is 356 g/mol. The summed E-state index contributed by atoms with van der Waals surface area (Å²) in [5.41, 5.74) is 1.38. The zero-order valence-electron chi connectivity index (χ0n) is 15.0. The second kappa shape index (κ2) is 9.97. The highest BCUT2D eigenvalue weighted by atomic mass is 16.2. The third-order valence-corrected chi connectivity index (χ3v) is 3.39. The Labute approximate surface area is 152 Å². The van der Waals surface area contributed by atoms with Crippen LogP contribution >= 0.6 is 0 Å². The Morgan fingerprint density at radius 2 is 1.77 bits per heavy atom. The molecule has 0 spiro atoms. The molecule has 2 rings (SSSR count). The second-order valence-electron chi connectivity index (χ2n) is 5.57. The van der Waals surface area contributed by atoms with Crippen LogP contribution in [0.1, 0.15) is 23.0 Å². The topological polar surface area (TPSA) is 108 Å². The Bertz CT molecular complexity index is 736. The predicted molar refractivity (Wildman–Crippen MR) is 101 cm³/mol. The van der Waals surface area contributed by atoms with Gasteiger partial charge in [-0.2, -0.15) is 4.98 Å². The third kappa shape index (κ3) is 6.39. The van der Waals surface area contributed by atoms with Gasteiger partial charge < -0.3 is 21.3 Å². The largest absolute Gasteiger partial charge is 0.368 e. The number of benzene rings is 1. The van der Waals surface area contributed by atoms with Crippen molar-refractivity contribution in [1.82, 2.24) is 20.6 Å². The number of amides is 2. The number of hydrogen-bond acceptors (Lipinski definition) is 6. The summed E-state index contributed by atoms with van der Waals surface area (Å²) in [6.07, 6.45) is 0. The van der Waals surface area contributed by atoms with Crippen LogP contribution in [0.4, 0.5) is 11.8 Å². The fourth-order valence-corrected chi connectivity index (χ4v) is 2.20. The minimum absolute atomic E-state index is 0.0646. The molecule has 0 bridgehead atoms. The van der Waals surface area contributed by atoms with Crippen LogP contribution in [0.5, 0.6) is 0 Å². The molecule has 0 atom stereocenters. The summed E-state index contributed by atoms with van der Waals surface area (Å²) in [4.78, 5) is 32.3. The standard InChI is InChI=1S/C18H24N6O2/c1-3-19-18-23-13(2)11-15(24-18)20-9-10-21-16(25)12-22-17(26)14-7-5-4-6-8-14/h4-8,11H,3,9-10,12H2,1-2H3,(H,21,25)(H,22,26)(H2,19,20,23,24). The molecule has 8 heteroatoms. The predicted octanol–water partition coefficient (Wildman–Crippen LogP) is 1.17. The van der Waals surface area contributed by atoms with Crippen molar-refractivity contribution in [2.24, 2.45) is 0 Å². The maximum Gasteiger partial charge on any atom is 0.251 e. The van der Waals surface area contributed by atoms with Gasteiger partial charge in [-0.15, -0.1) is 0 Å². The summed E-state index contributed by atoms with van der Waals surface area (Å²) in [7, 11) is 0. The van der Waals surface area contributed by atoms with Gasteiger partial charge in [-0.1, -0.05) is 18.2 Å². The fourth-order valence-electron chi connectivity index (χ4n) is 2.20. The SMILES string of the molecule is CCNc1nc(C)cc(NCCNC(=O)CNC(=O)c2ccccc2)n1. The Hall–Kier alpha value is -3.16. The van der Waals surface area contributed by atoms with E-state index in [2.05, 4.69) is 31.2 Å². The number of nitrogens with zero attached hydrogens (tertiary/aromatic N) is 2. The zero-order chi connectivity index (χ0) is 18.8. The summed E-state index contributed by atoms with van der Waals surface area (Å²) >= 11 is 0. The summed E-state index contributed by atoms with van der Waals surface area (Å²) in [5, 5.41) is 11.5. The van der Waals surface area contributed by atoms with Crippen molar-refractivity contribution in [2.75, 3.05) is 36.8 Å². The highest BCUT2D eigenvalue weighted by Crippen LogP contribution is 2.08. The maximum atomic E-state index is 11.9.